The second kappa shape index (κ2) is 5.85. The van der Waals surface area contributed by atoms with Crippen LogP contribution in [-0.4, -0.2) is 18.3 Å². The molecule has 9 heteroatoms. The molecule has 0 fully saturated rings. The Morgan fingerprint density at radius 1 is 1.24 bits per heavy atom. The summed E-state index contributed by atoms with van der Waals surface area (Å²) in [6, 6.07) is 6.56. The number of nitrogens with zero attached hydrogens (tertiary/aromatic N) is 2. The first kappa shape index (κ1) is 14.9. The molecule has 0 saturated heterocycles. The Balaban J connectivity index is 2.22. The van der Waals surface area contributed by atoms with Crippen LogP contribution in [0, 0.1) is 10.1 Å². The number of rotatable bonds is 5. The van der Waals surface area contributed by atoms with Crippen molar-refractivity contribution in [2.75, 3.05) is 5.73 Å². The Morgan fingerprint density at radius 2 is 1.90 bits per heavy atom. The van der Waals surface area contributed by atoms with E-state index in [0.29, 0.717) is 0 Å². The van der Waals surface area contributed by atoms with Gasteiger partial charge in [-0.2, -0.15) is 0 Å². The molecule has 1 aromatic carbocycles. The number of non-ortho nitro benzene ring substituents is 1. The fourth-order valence-electron chi connectivity index (χ4n) is 1.65. The number of hydrogen-bond acceptors (Lipinski definition) is 6. The maximum atomic E-state index is 12.1. The molecular weight excluding hydrogens is 296 g/mol. The molecule has 0 atom stereocenters. The summed E-state index contributed by atoms with van der Waals surface area (Å²) in [6.45, 7) is 0.0707. The highest BCUT2D eigenvalue weighted by Crippen LogP contribution is 2.23. The van der Waals surface area contributed by atoms with E-state index in [0.717, 1.165) is 23.8 Å². The van der Waals surface area contributed by atoms with E-state index in [-0.39, 0.29) is 22.8 Å². The number of nitro groups is 1. The number of benzene rings is 1. The van der Waals surface area contributed by atoms with Gasteiger partial charge in [-0.15, -0.1) is 0 Å². The highest BCUT2D eigenvalue weighted by Gasteiger charge is 2.19. The second-order valence-corrected chi connectivity index (χ2v) is 5.89. The van der Waals surface area contributed by atoms with Crippen molar-refractivity contribution < 1.29 is 13.3 Å². The average molecular weight is 308 g/mol. The van der Waals surface area contributed by atoms with Crippen molar-refractivity contribution in [1.82, 2.24) is 9.71 Å². The first-order valence-corrected chi connectivity index (χ1v) is 7.31. The van der Waals surface area contributed by atoms with Gasteiger partial charge in [0.25, 0.3) is 5.69 Å². The Hall–Kier alpha value is -2.52. The van der Waals surface area contributed by atoms with Crippen LogP contribution in [0.2, 0.25) is 0 Å². The molecule has 2 rings (SSSR count). The molecule has 0 saturated carbocycles. The summed E-state index contributed by atoms with van der Waals surface area (Å²) in [5.74, 6) is 0. The third kappa shape index (κ3) is 3.52. The zero-order valence-corrected chi connectivity index (χ0v) is 11.6. The first-order valence-electron chi connectivity index (χ1n) is 5.82. The zero-order chi connectivity index (χ0) is 15.5. The average Bonchev–Trinajstić information content (AvgIpc) is 2.46. The number of sulfonamides is 1. The SMILES string of the molecule is Nc1cc([N+](=O)[O-])ccc1S(=O)(=O)NCc1ccncc1. The topological polar surface area (TPSA) is 128 Å². The van der Waals surface area contributed by atoms with Gasteiger partial charge < -0.3 is 5.73 Å². The number of nitro benzene ring substituents is 1. The molecule has 1 heterocycles. The van der Waals surface area contributed by atoms with Gasteiger partial charge in [-0.1, -0.05) is 0 Å². The molecule has 0 radical (unpaired) electrons. The first-order chi connectivity index (χ1) is 9.90. The van der Waals surface area contributed by atoms with E-state index in [1.165, 1.54) is 0 Å². The fraction of sp³-hybridized carbons (Fsp3) is 0.0833. The molecule has 0 spiro atoms. The molecule has 0 bridgehead atoms. The predicted molar refractivity (Wildman–Crippen MR) is 75.8 cm³/mol. The maximum Gasteiger partial charge on any atom is 0.271 e. The van der Waals surface area contributed by atoms with Crippen LogP contribution in [0.25, 0.3) is 0 Å². The van der Waals surface area contributed by atoms with Crippen LogP contribution in [0.5, 0.6) is 0 Å². The Morgan fingerprint density at radius 3 is 2.48 bits per heavy atom. The fourth-order valence-corrected chi connectivity index (χ4v) is 2.78. The monoisotopic (exact) mass is 308 g/mol. The van der Waals surface area contributed by atoms with Crippen LogP contribution in [0.3, 0.4) is 0 Å². The van der Waals surface area contributed by atoms with Crippen molar-refractivity contribution in [3.05, 3.63) is 58.4 Å². The Bertz CT molecular complexity index is 762. The summed E-state index contributed by atoms with van der Waals surface area (Å²) in [4.78, 5) is 13.6. The molecule has 21 heavy (non-hydrogen) atoms. The van der Waals surface area contributed by atoms with Crippen LogP contribution < -0.4 is 10.5 Å². The largest absolute Gasteiger partial charge is 0.397 e. The lowest BCUT2D eigenvalue weighted by Crippen LogP contribution is -2.24. The number of nitrogens with two attached hydrogens (primary N) is 1. The highest BCUT2D eigenvalue weighted by atomic mass is 32.2. The van der Waals surface area contributed by atoms with E-state index in [2.05, 4.69) is 9.71 Å². The van der Waals surface area contributed by atoms with Gasteiger partial charge in [0.2, 0.25) is 10.0 Å². The van der Waals surface area contributed by atoms with Gasteiger partial charge in [0.05, 0.1) is 10.6 Å². The summed E-state index contributed by atoms with van der Waals surface area (Å²) in [6.07, 6.45) is 3.09. The minimum absolute atomic E-state index is 0.0707. The van der Waals surface area contributed by atoms with Gasteiger partial charge in [0.1, 0.15) is 4.90 Å². The van der Waals surface area contributed by atoms with Crippen LogP contribution in [0.15, 0.2) is 47.6 Å². The van der Waals surface area contributed by atoms with Crippen molar-refractivity contribution in [3.63, 3.8) is 0 Å². The van der Waals surface area contributed by atoms with E-state index in [1.54, 1.807) is 24.5 Å². The van der Waals surface area contributed by atoms with Gasteiger partial charge in [-0.05, 0) is 23.8 Å². The van der Waals surface area contributed by atoms with E-state index >= 15 is 0 Å². The lowest BCUT2D eigenvalue weighted by Gasteiger charge is -2.09. The molecule has 0 unspecified atom stereocenters. The molecule has 3 N–H and O–H groups in total. The third-order valence-electron chi connectivity index (χ3n) is 2.71. The highest BCUT2D eigenvalue weighted by molar-refractivity contribution is 7.89. The summed E-state index contributed by atoms with van der Waals surface area (Å²) in [7, 11) is -3.85. The molecule has 8 nitrogen and oxygen atoms in total. The van der Waals surface area contributed by atoms with Crippen LogP contribution >= 0.6 is 0 Å². The quantitative estimate of drug-likeness (QED) is 0.482. The summed E-state index contributed by atoms with van der Waals surface area (Å²) < 4.78 is 26.6. The zero-order valence-electron chi connectivity index (χ0n) is 10.8. The number of pyridine rings is 1. The molecule has 110 valence electrons. The van der Waals surface area contributed by atoms with Crippen molar-refractivity contribution in [2.24, 2.45) is 0 Å². The molecule has 0 aliphatic carbocycles. The number of nitrogens with one attached hydrogen (secondary N) is 1. The van der Waals surface area contributed by atoms with Gasteiger partial charge in [0.15, 0.2) is 0 Å². The van der Waals surface area contributed by atoms with Gasteiger partial charge in [0, 0.05) is 31.1 Å². The smallest absolute Gasteiger partial charge is 0.271 e. The standard InChI is InChI=1S/C12H12N4O4S/c13-11-7-10(16(17)18)1-2-12(11)21(19,20)15-8-9-3-5-14-6-4-9/h1-7,15H,8,13H2. The van der Waals surface area contributed by atoms with E-state index in [1.807, 2.05) is 0 Å². The van der Waals surface area contributed by atoms with Gasteiger partial charge in [-0.25, -0.2) is 13.1 Å². The van der Waals surface area contributed by atoms with Crippen LogP contribution in [0.4, 0.5) is 11.4 Å². The molecule has 0 aliphatic heterocycles. The predicted octanol–water partition coefficient (Wildman–Crippen LogP) is 1.05. The summed E-state index contributed by atoms with van der Waals surface area (Å²) in [5, 5.41) is 10.6. The van der Waals surface area contributed by atoms with Crippen LogP contribution in [-0.2, 0) is 16.6 Å². The third-order valence-corrected chi connectivity index (χ3v) is 4.18. The number of aromatic nitrogens is 1. The van der Waals surface area contributed by atoms with E-state index < -0.39 is 14.9 Å². The number of anilines is 1. The summed E-state index contributed by atoms with van der Waals surface area (Å²) >= 11 is 0. The number of hydrogen-bond donors (Lipinski definition) is 2. The van der Waals surface area contributed by atoms with Crippen molar-refractivity contribution in [3.8, 4) is 0 Å². The van der Waals surface area contributed by atoms with Crippen molar-refractivity contribution in [2.45, 2.75) is 11.4 Å². The minimum Gasteiger partial charge on any atom is -0.397 e. The molecule has 0 amide bonds. The molecule has 0 aliphatic rings. The van der Waals surface area contributed by atoms with Crippen LogP contribution in [0.1, 0.15) is 5.56 Å². The van der Waals surface area contributed by atoms with E-state index in [9.17, 15) is 18.5 Å². The molecular formula is C12H12N4O4S. The number of nitrogen functional groups attached to an aromatic ring is 1. The Labute approximate surface area is 120 Å². The second-order valence-electron chi connectivity index (χ2n) is 4.16. The normalized spacial score (nSPS) is 11.2. The maximum absolute atomic E-state index is 12.1. The Kier molecular flexibility index (Phi) is 4.15. The van der Waals surface area contributed by atoms with Crippen molar-refractivity contribution >= 4 is 21.4 Å². The lowest BCUT2D eigenvalue weighted by atomic mass is 10.3. The lowest BCUT2D eigenvalue weighted by molar-refractivity contribution is -0.384. The van der Waals surface area contributed by atoms with Gasteiger partial charge in [-0.3, -0.25) is 15.1 Å². The van der Waals surface area contributed by atoms with Gasteiger partial charge >= 0.3 is 0 Å². The van der Waals surface area contributed by atoms with Crippen molar-refractivity contribution in [1.29, 1.82) is 0 Å². The molecule has 2 aromatic rings. The minimum atomic E-state index is -3.85. The van der Waals surface area contributed by atoms with E-state index in [4.69, 9.17) is 5.73 Å². The molecule has 1 aromatic heterocycles. The summed E-state index contributed by atoms with van der Waals surface area (Å²) in [5.41, 5.74) is 5.87.